The van der Waals surface area contributed by atoms with Crippen LogP contribution < -0.4 is 14.8 Å². The molecule has 0 aliphatic heterocycles. The van der Waals surface area contributed by atoms with Gasteiger partial charge in [0.2, 0.25) is 5.91 Å². The van der Waals surface area contributed by atoms with Gasteiger partial charge in [0, 0.05) is 23.6 Å². The number of hydrogen-bond donors (Lipinski definition) is 1. The predicted octanol–water partition coefficient (Wildman–Crippen LogP) is 3.96. The zero-order chi connectivity index (χ0) is 17.5. The van der Waals surface area contributed by atoms with Crippen molar-refractivity contribution in [3.63, 3.8) is 0 Å². The van der Waals surface area contributed by atoms with Crippen LogP contribution in [0.1, 0.15) is 23.2 Å². The summed E-state index contributed by atoms with van der Waals surface area (Å²) in [5.41, 5.74) is 0.992. The SMILES string of the molecule is COc1ccc(OC)c(C(=O)CCC(=O)Nc2cccc(Cl)c2)c1. The molecule has 126 valence electrons. The highest BCUT2D eigenvalue weighted by Crippen LogP contribution is 2.25. The third kappa shape index (κ3) is 4.73. The molecule has 0 saturated carbocycles. The molecule has 0 aliphatic rings. The maximum absolute atomic E-state index is 12.4. The topological polar surface area (TPSA) is 64.6 Å². The van der Waals surface area contributed by atoms with Crippen molar-refractivity contribution in [2.45, 2.75) is 12.8 Å². The van der Waals surface area contributed by atoms with Crippen molar-refractivity contribution < 1.29 is 19.1 Å². The first-order valence-electron chi connectivity index (χ1n) is 7.34. The summed E-state index contributed by atoms with van der Waals surface area (Å²) >= 11 is 5.87. The van der Waals surface area contributed by atoms with E-state index < -0.39 is 0 Å². The fourth-order valence-electron chi connectivity index (χ4n) is 2.18. The first-order valence-corrected chi connectivity index (χ1v) is 7.72. The van der Waals surface area contributed by atoms with Crippen molar-refractivity contribution in [3.05, 3.63) is 53.1 Å². The van der Waals surface area contributed by atoms with Gasteiger partial charge in [-0.2, -0.15) is 0 Å². The van der Waals surface area contributed by atoms with Crippen molar-refractivity contribution in [1.82, 2.24) is 0 Å². The van der Waals surface area contributed by atoms with Crippen molar-refractivity contribution in [2.75, 3.05) is 19.5 Å². The molecule has 1 amide bonds. The summed E-state index contributed by atoms with van der Waals surface area (Å²) in [6, 6.07) is 11.8. The lowest BCUT2D eigenvalue weighted by molar-refractivity contribution is -0.116. The summed E-state index contributed by atoms with van der Waals surface area (Å²) in [5, 5.41) is 3.24. The van der Waals surface area contributed by atoms with E-state index in [1.54, 1.807) is 42.5 Å². The molecule has 6 heteroatoms. The number of carbonyl (C=O) groups is 2. The molecule has 0 radical (unpaired) electrons. The van der Waals surface area contributed by atoms with Gasteiger partial charge >= 0.3 is 0 Å². The number of Topliss-reactive ketones (excluding diaryl/α,β-unsaturated/α-hetero) is 1. The molecule has 0 unspecified atom stereocenters. The number of ketones is 1. The van der Waals surface area contributed by atoms with E-state index in [-0.39, 0.29) is 24.5 Å². The quantitative estimate of drug-likeness (QED) is 0.770. The van der Waals surface area contributed by atoms with Crippen LogP contribution in [0, 0.1) is 0 Å². The van der Waals surface area contributed by atoms with Crippen LogP contribution in [0.5, 0.6) is 11.5 Å². The second kappa shape index (κ2) is 8.36. The van der Waals surface area contributed by atoms with Crippen molar-refractivity contribution >= 4 is 29.0 Å². The molecule has 2 aromatic carbocycles. The number of amides is 1. The molecule has 0 atom stereocenters. The van der Waals surface area contributed by atoms with Gasteiger partial charge in [0.1, 0.15) is 11.5 Å². The van der Waals surface area contributed by atoms with Gasteiger partial charge in [0.25, 0.3) is 0 Å². The number of carbonyl (C=O) groups excluding carboxylic acids is 2. The van der Waals surface area contributed by atoms with E-state index in [9.17, 15) is 9.59 Å². The number of benzene rings is 2. The van der Waals surface area contributed by atoms with Gasteiger partial charge in [-0.05, 0) is 36.4 Å². The lowest BCUT2D eigenvalue weighted by atomic mass is 10.0. The van der Waals surface area contributed by atoms with E-state index in [4.69, 9.17) is 21.1 Å². The van der Waals surface area contributed by atoms with Gasteiger partial charge in [-0.3, -0.25) is 9.59 Å². The molecule has 0 bridgehead atoms. The molecule has 0 heterocycles. The first-order chi connectivity index (χ1) is 11.5. The predicted molar refractivity (Wildman–Crippen MR) is 93.2 cm³/mol. The van der Waals surface area contributed by atoms with Gasteiger partial charge in [-0.15, -0.1) is 0 Å². The highest BCUT2D eigenvalue weighted by molar-refractivity contribution is 6.30. The average Bonchev–Trinajstić information content (AvgIpc) is 2.59. The Kier molecular flexibility index (Phi) is 6.21. The zero-order valence-electron chi connectivity index (χ0n) is 13.5. The summed E-state index contributed by atoms with van der Waals surface area (Å²) in [6.45, 7) is 0. The van der Waals surface area contributed by atoms with E-state index in [2.05, 4.69) is 5.32 Å². The normalized spacial score (nSPS) is 10.1. The first kappa shape index (κ1) is 17.8. The number of ether oxygens (including phenoxy) is 2. The van der Waals surface area contributed by atoms with Crippen molar-refractivity contribution in [1.29, 1.82) is 0 Å². The Morgan fingerprint density at radius 2 is 1.83 bits per heavy atom. The van der Waals surface area contributed by atoms with Gasteiger partial charge in [0.05, 0.1) is 19.8 Å². The molecule has 0 fully saturated rings. The molecule has 0 saturated heterocycles. The van der Waals surface area contributed by atoms with Gasteiger partial charge in [-0.25, -0.2) is 0 Å². The molecule has 0 aromatic heterocycles. The van der Waals surface area contributed by atoms with E-state index >= 15 is 0 Å². The van der Waals surface area contributed by atoms with Gasteiger partial charge in [0.15, 0.2) is 5.78 Å². The Hall–Kier alpha value is -2.53. The molecule has 2 rings (SSSR count). The molecule has 5 nitrogen and oxygen atoms in total. The fourth-order valence-corrected chi connectivity index (χ4v) is 2.37. The van der Waals surface area contributed by atoms with Crippen LogP contribution in [0.25, 0.3) is 0 Å². The van der Waals surface area contributed by atoms with Crippen molar-refractivity contribution in [2.24, 2.45) is 0 Å². The molecule has 1 N–H and O–H groups in total. The third-order valence-electron chi connectivity index (χ3n) is 3.39. The third-order valence-corrected chi connectivity index (χ3v) is 3.63. The second-order valence-corrected chi connectivity index (χ2v) is 5.48. The maximum atomic E-state index is 12.4. The molecule has 0 aliphatic carbocycles. The van der Waals surface area contributed by atoms with Crippen molar-refractivity contribution in [3.8, 4) is 11.5 Å². The number of methoxy groups -OCH3 is 2. The Balaban J connectivity index is 1.98. The molecule has 2 aromatic rings. The van der Waals surface area contributed by atoms with Crippen LogP contribution >= 0.6 is 11.6 Å². The van der Waals surface area contributed by atoms with Crippen LogP contribution in [0.4, 0.5) is 5.69 Å². The smallest absolute Gasteiger partial charge is 0.224 e. The molecule has 0 spiro atoms. The van der Waals surface area contributed by atoms with E-state index in [1.807, 2.05) is 0 Å². The number of hydrogen-bond acceptors (Lipinski definition) is 4. The molecular formula is C18H18ClNO4. The summed E-state index contributed by atoms with van der Waals surface area (Å²) in [4.78, 5) is 24.3. The summed E-state index contributed by atoms with van der Waals surface area (Å²) in [5.74, 6) is 0.568. The highest BCUT2D eigenvalue weighted by Gasteiger charge is 2.15. The molecular weight excluding hydrogens is 330 g/mol. The number of rotatable bonds is 7. The van der Waals surface area contributed by atoms with E-state index in [1.165, 1.54) is 14.2 Å². The minimum absolute atomic E-state index is 0.0612. The Morgan fingerprint density at radius 1 is 1.04 bits per heavy atom. The number of nitrogens with one attached hydrogen (secondary N) is 1. The summed E-state index contributed by atoms with van der Waals surface area (Å²) in [6.07, 6.45) is 0.127. The Bertz CT molecular complexity index is 746. The van der Waals surface area contributed by atoms with Gasteiger partial charge in [-0.1, -0.05) is 17.7 Å². The fraction of sp³-hybridized carbons (Fsp3) is 0.222. The van der Waals surface area contributed by atoms with E-state index in [0.717, 1.165) is 0 Å². The monoisotopic (exact) mass is 347 g/mol. The maximum Gasteiger partial charge on any atom is 0.224 e. The Morgan fingerprint density at radius 3 is 2.50 bits per heavy atom. The van der Waals surface area contributed by atoms with Crippen LogP contribution in [-0.4, -0.2) is 25.9 Å². The highest BCUT2D eigenvalue weighted by atomic mass is 35.5. The average molecular weight is 348 g/mol. The Labute approximate surface area is 145 Å². The van der Waals surface area contributed by atoms with Crippen LogP contribution in [0.15, 0.2) is 42.5 Å². The standard InChI is InChI=1S/C18H18ClNO4/c1-23-14-6-8-17(24-2)15(11-14)16(21)7-9-18(22)20-13-5-3-4-12(19)10-13/h3-6,8,10-11H,7,9H2,1-2H3,(H,20,22). The van der Waals surface area contributed by atoms with Crippen LogP contribution in [0.3, 0.4) is 0 Å². The minimum atomic E-state index is -0.257. The molecule has 24 heavy (non-hydrogen) atoms. The lowest BCUT2D eigenvalue weighted by Gasteiger charge is -2.10. The summed E-state index contributed by atoms with van der Waals surface area (Å²) in [7, 11) is 3.01. The second-order valence-electron chi connectivity index (χ2n) is 5.05. The van der Waals surface area contributed by atoms with Gasteiger partial charge < -0.3 is 14.8 Å². The largest absolute Gasteiger partial charge is 0.497 e. The lowest BCUT2D eigenvalue weighted by Crippen LogP contribution is -2.14. The summed E-state index contributed by atoms with van der Waals surface area (Å²) < 4.78 is 10.3. The number of halogens is 1. The number of anilines is 1. The van der Waals surface area contributed by atoms with Crippen LogP contribution in [0.2, 0.25) is 5.02 Å². The van der Waals surface area contributed by atoms with E-state index in [0.29, 0.717) is 27.8 Å². The zero-order valence-corrected chi connectivity index (χ0v) is 14.2. The van der Waals surface area contributed by atoms with Crippen LogP contribution in [-0.2, 0) is 4.79 Å². The minimum Gasteiger partial charge on any atom is -0.497 e.